The van der Waals surface area contributed by atoms with Crippen molar-refractivity contribution in [3.05, 3.63) is 15.6 Å². The molecule has 19 heavy (non-hydrogen) atoms. The van der Waals surface area contributed by atoms with E-state index in [4.69, 9.17) is 0 Å². The van der Waals surface area contributed by atoms with Crippen LogP contribution in [0.3, 0.4) is 0 Å². The van der Waals surface area contributed by atoms with Crippen molar-refractivity contribution >= 4 is 27.1 Å². The molecule has 0 aliphatic carbocycles. The monoisotopic (exact) mass is 302 g/mol. The maximum absolute atomic E-state index is 11.8. The summed E-state index contributed by atoms with van der Waals surface area (Å²) in [6.07, 6.45) is 0.984. The van der Waals surface area contributed by atoms with Crippen LogP contribution in [0.4, 0.5) is 0 Å². The van der Waals surface area contributed by atoms with Crippen molar-refractivity contribution in [2.75, 3.05) is 18.1 Å². The molecule has 1 aliphatic heterocycles. The fourth-order valence-corrected chi connectivity index (χ4v) is 5.03. The minimum absolute atomic E-state index is 0.0592. The second kappa shape index (κ2) is 5.58. The zero-order valence-corrected chi connectivity index (χ0v) is 12.7. The Kier molecular flexibility index (Phi) is 4.25. The van der Waals surface area contributed by atoms with E-state index in [9.17, 15) is 13.2 Å². The molecule has 1 N–H and O–H groups in total. The summed E-state index contributed by atoms with van der Waals surface area (Å²) < 4.78 is 22.6. The first-order valence-electron chi connectivity index (χ1n) is 6.26. The van der Waals surface area contributed by atoms with Gasteiger partial charge in [-0.25, -0.2) is 13.4 Å². The molecule has 0 radical (unpaired) electrons. The Morgan fingerprint density at radius 1 is 1.47 bits per heavy atom. The van der Waals surface area contributed by atoms with E-state index in [0.717, 1.165) is 15.6 Å². The average molecular weight is 302 g/mol. The molecule has 7 heteroatoms. The molecule has 1 aromatic heterocycles. The normalized spacial score (nSPS) is 21.5. The predicted molar refractivity (Wildman–Crippen MR) is 75.1 cm³/mol. The van der Waals surface area contributed by atoms with E-state index in [-0.39, 0.29) is 23.3 Å². The Hall–Kier alpha value is -0.950. The molecular weight excluding hydrogens is 284 g/mol. The van der Waals surface area contributed by atoms with E-state index in [1.807, 2.05) is 13.8 Å². The van der Waals surface area contributed by atoms with Crippen LogP contribution >= 0.6 is 11.3 Å². The summed E-state index contributed by atoms with van der Waals surface area (Å²) in [6.45, 7) is 4.27. The van der Waals surface area contributed by atoms with Crippen LogP contribution in [-0.4, -0.2) is 37.4 Å². The average Bonchev–Trinajstić information content (AvgIpc) is 2.79. The van der Waals surface area contributed by atoms with Crippen molar-refractivity contribution in [1.82, 2.24) is 10.3 Å². The van der Waals surface area contributed by atoms with Gasteiger partial charge in [0.1, 0.15) is 0 Å². The Balaban J connectivity index is 1.81. The summed E-state index contributed by atoms with van der Waals surface area (Å²) in [5.74, 6) is 0.460. The Bertz CT molecular complexity index is 578. The van der Waals surface area contributed by atoms with Crippen LogP contribution in [0.5, 0.6) is 0 Å². The fourth-order valence-electron chi connectivity index (χ4n) is 2.24. The molecule has 0 aromatic carbocycles. The lowest BCUT2D eigenvalue weighted by Crippen LogP contribution is -2.30. The number of sulfone groups is 1. The number of thiazole rings is 1. The van der Waals surface area contributed by atoms with E-state index in [1.54, 1.807) is 0 Å². The minimum Gasteiger partial charge on any atom is -0.355 e. The number of hydrogen-bond acceptors (Lipinski definition) is 5. The molecule has 1 aromatic rings. The first-order chi connectivity index (χ1) is 8.85. The Morgan fingerprint density at radius 3 is 2.74 bits per heavy atom. The van der Waals surface area contributed by atoms with Gasteiger partial charge in [0.25, 0.3) is 0 Å². The molecule has 1 fully saturated rings. The van der Waals surface area contributed by atoms with Crippen LogP contribution in [0.15, 0.2) is 0 Å². The number of nitrogens with one attached hydrogen (secondary N) is 1. The Morgan fingerprint density at radius 2 is 2.21 bits per heavy atom. The molecule has 2 rings (SSSR count). The maximum atomic E-state index is 11.8. The molecule has 0 spiro atoms. The number of hydrogen-bond donors (Lipinski definition) is 1. The number of rotatable bonds is 4. The maximum Gasteiger partial charge on any atom is 0.225 e. The van der Waals surface area contributed by atoms with E-state index < -0.39 is 9.84 Å². The van der Waals surface area contributed by atoms with Gasteiger partial charge in [-0.3, -0.25) is 4.79 Å². The second-order valence-electron chi connectivity index (χ2n) is 4.99. The van der Waals surface area contributed by atoms with Crippen molar-refractivity contribution in [1.29, 1.82) is 0 Å². The van der Waals surface area contributed by atoms with Crippen LogP contribution in [0.2, 0.25) is 0 Å². The van der Waals surface area contributed by atoms with Crippen molar-refractivity contribution in [2.45, 2.75) is 26.7 Å². The van der Waals surface area contributed by atoms with Gasteiger partial charge >= 0.3 is 0 Å². The van der Waals surface area contributed by atoms with Crippen LogP contribution < -0.4 is 5.32 Å². The highest BCUT2D eigenvalue weighted by Crippen LogP contribution is 2.19. The van der Waals surface area contributed by atoms with Gasteiger partial charge in [0.2, 0.25) is 5.91 Å². The van der Waals surface area contributed by atoms with Crippen LogP contribution in [0.25, 0.3) is 0 Å². The van der Waals surface area contributed by atoms with E-state index in [1.165, 1.54) is 11.3 Å². The van der Waals surface area contributed by atoms with Crippen molar-refractivity contribution in [2.24, 2.45) is 5.92 Å². The second-order valence-corrected chi connectivity index (χ2v) is 8.51. The number of carbonyl (C=O) groups is 1. The van der Waals surface area contributed by atoms with Gasteiger partial charge in [0.05, 0.1) is 28.6 Å². The van der Waals surface area contributed by atoms with Crippen LogP contribution in [0, 0.1) is 19.8 Å². The topological polar surface area (TPSA) is 76.1 Å². The number of aromatic nitrogens is 1. The third kappa shape index (κ3) is 4.01. The molecule has 1 atom stereocenters. The molecule has 0 saturated carbocycles. The van der Waals surface area contributed by atoms with Crippen molar-refractivity contribution in [3.63, 3.8) is 0 Å². The molecule has 1 amide bonds. The quantitative estimate of drug-likeness (QED) is 0.895. The Labute approximate surface area is 117 Å². The number of nitrogens with zero attached hydrogens (tertiary/aromatic N) is 1. The van der Waals surface area contributed by atoms with Gasteiger partial charge in [-0.1, -0.05) is 0 Å². The molecule has 2 heterocycles. The SMILES string of the molecule is Cc1nc(C)c(CC(=O)NC[C@@H]2CCS(=O)(=O)C2)s1. The van der Waals surface area contributed by atoms with Gasteiger partial charge < -0.3 is 5.32 Å². The summed E-state index contributed by atoms with van der Waals surface area (Å²) in [4.78, 5) is 17.1. The number of amides is 1. The van der Waals surface area contributed by atoms with Gasteiger partial charge in [-0.15, -0.1) is 11.3 Å². The highest BCUT2D eigenvalue weighted by Gasteiger charge is 2.27. The predicted octanol–water partition coefficient (Wildman–Crippen LogP) is 0.853. The van der Waals surface area contributed by atoms with Crippen molar-refractivity contribution in [3.8, 4) is 0 Å². The summed E-state index contributed by atoms with van der Waals surface area (Å²) in [5, 5.41) is 3.78. The van der Waals surface area contributed by atoms with Crippen molar-refractivity contribution < 1.29 is 13.2 Å². The lowest BCUT2D eigenvalue weighted by molar-refractivity contribution is -0.120. The molecule has 0 bridgehead atoms. The number of aryl methyl sites for hydroxylation is 2. The van der Waals surface area contributed by atoms with Gasteiger partial charge in [-0.2, -0.15) is 0 Å². The molecule has 106 valence electrons. The highest BCUT2D eigenvalue weighted by atomic mass is 32.2. The first-order valence-corrected chi connectivity index (χ1v) is 8.89. The number of carbonyl (C=O) groups excluding carboxylic acids is 1. The zero-order valence-electron chi connectivity index (χ0n) is 11.1. The molecular formula is C12H18N2O3S2. The van der Waals surface area contributed by atoms with Crippen LogP contribution in [-0.2, 0) is 21.1 Å². The standard InChI is InChI=1S/C12H18N2O3S2/c1-8-11(18-9(2)14-8)5-12(15)13-6-10-3-4-19(16,17)7-10/h10H,3-7H2,1-2H3,(H,13,15)/t10-/m0/s1. The van der Waals surface area contributed by atoms with Gasteiger partial charge in [0.15, 0.2) is 9.84 Å². The van der Waals surface area contributed by atoms with E-state index >= 15 is 0 Å². The fraction of sp³-hybridized carbons (Fsp3) is 0.667. The molecule has 5 nitrogen and oxygen atoms in total. The third-order valence-corrected chi connectivity index (χ3v) is 6.15. The largest absolute Gasteiger partial charge is 0.355 e. The lowest BCUT2D eigenvalue weighted by Gasteiger charge is -2.09. The third-order valence-electron chi connectivity index (χ3n) is 3.24. The van der Waals surface area contributed by atoms with E-state index in [0.29, 0.717) is 19.4 Å². The molecule has 1 aliphatic rings. The zero-order chi connectivity index (χ0) is 14.0. The highest BCUT2D eigenvalue weighted by molar-refractivity contribution is 7.91. The molecule has 1 saturated heterocycles. The summed E-state index contributed by atoms with van der Waals surface area (Å²) >= 11 is 1.53. The summed E-state index contributed by atoms with van der Waals surface area (Å²) in [7, 11) is -2.86. The summed E-state index contributed by atoms with van der Waals surface area (Å²) in [5.41, 5.74) is 0.904. The first kappa shape index (κ1) is 14.5. The molecule has 0 unspecified atom stereocenters. The lowest BCUT2D eigenvalue weighted by atomic mass is 10.1. The summed E-state index contributed by atoms with van der Waals surface area (Å²) in [6, 6.07) is 0. The van der Waals surface area contributed by atoms with Gasteiger partial charge in [0, 0.05) is 11.4 Å². The van der Waals surface area contributed by atoms with Gasteiger partial charge in [-0.05, 0) is 26.2 Å². The smallest absolute Gasteiger partial charge is 0.225 e. The minimum atomic E-state index is -2.86. The van der Waals surface area contributed by atoms with Crippen LogP contribution in [0.1, 0.15) is 22.0 Å². The van der Waals surface area contributed by atoms with E-state index in [2.05, 4.69) is 10.3 Å².